The van der Waals surface area contributed by atoms with Crippen molar-refractivity contribution in [2.24, 2.45) is 0 Å². The third kappa shape index (κ3) is 2.52. The van der Waals surface area contributed by atoms with Gasteiger partial charge in [0.15, 0.2) is 0 Å². The number of nitrogen functional groups attached to an aromatic ring is 1. The second kappa shape index (κ2) is 6.19. The van der Waals surface area contributed by atoms with Gasteiger partial charge in [0.1, 0.15) is 5.50 Å². The predicted molar refractivity (Wildman–Crippen MR) is 100 cm³/mol. The van der Waals surface area contributed by atoms with Crippen LogP contribution in [0.5, 0.6) is 0 Å². The third-order valence-corrected chi connectivity index (χ3v) is 4.75. The van der Waals surface area contributed by atoms with E-state index in [0.717, 1.165) is 22.6 Å². The lowest BCUT2D eigenvalue weighted by atomic mass is 10.2. The summed E-state index contributed by atoms with van der Waals surface area (Å²) in [7, 11) is 0. The molecule has 1 unspecified atom stereocenters. The minimum Gasteiger partial charge on any atom is -0.397 e. The molecule has 3 aromatic rings. The second-order valence-electron chi connectivity index (χ2n) is 5.85. The van der Waals surface area contributed by atoms with E-state index in [0.29, 0.717) is 6.54 Å². The molecular formula is C20H18ClN3. The maximum absolute atomic E-state index is 6.80. The van der Waals surface area contributed by atoms with Crippen molar-refractivity contribution in [2.45, 2.75) is 12.0 Å². The van der Waals surface area contributed by atoms with E-state index in [1.807, 2.05) is 54.6 Å². The van der Waals surface area contributed by atoms with Gasteiger partial charge in [0.05, 0.1) is 17.1 Å². The molecule has 0 bridgehead atoms. The van der Waals surface area contributed by atoms with E-state index >= 15 is 0 Å². The van der Waals surface area contributed by atoms with Gasteiger partial charge >= 0.3 is 0 Å². The van der Waals surface area contributed by atoms with E-state index in [-0.39, 0.29) is 5.50 Å². The summed E-state index contributed by atoms with van der Waals surface area (Å²) < 4.78 is 0. The van der Waals surface area contributed by atoms with Crippen LogP contribution in [-0.4, -0.2) is 5.01 Å². The van der Waals surface area contributed by atoms with Gasteiger partial charge in [0.25, 0.3) is 0 Å². The maximum atomic E-state index is 6.80. The largest absolute Gasteiger partial charge is 0.397 e. The van der Waals surface area contributed by atoms with Crippen molar-refractivity contribution >= 4 is 28.7 Å². The first-order valence-corrected chi connectivity index (χ1v) is 8.37. The Kier molecular flexibility index (Phi) is 3.89. The van der Waals surface area contributed by atoms with Crippen LogP contribution in [0.3, 0.4) is 0 Å². The second-order valence-corrected chi connectivity index (χ2v) is 6.26. The molecule has 0 aromatic heterocycles. The topological polar surface area (TPSA) is 32.5 Å². The molecule has 4 rings (SSSR count). The molecule has 0 fully saturated rings. The minimum atomic E-state index is -0.235. The summed E-state index contributed by atoms with van der Waals surface area (Å²) in [5.41, 5.74) is 11.1. The van der Waals surface area contributed by atoms with E-state index in [2.05, 4.69) is 34.3 Å². The Labute approximate surface area is 146 Å². The van der Waals surface area contributed by atoms with E-state index in [9.17, 15) is 0 Å². The molecule has 0 radical (unpaired) electrons. The summed E-state index contributed by atoms with van der Waals surface area (Å²) in [6.07, 6.45) is 0. The van der Waals surface area contributed by atoms with Crippen LogP contribution in [0.2, 0.25) is 0 Å². The van der Waals surface area contributed by atoms with Crippen LogP contribution < -0.4 is 10.7 Å². The molecule has 2 N–H and O–H groups in total. The van der Waals surface area contributed by atoms with Crippen LogP contribution in [0.25, 0.3) is 0 Å². The van der Waals surface area contributed by atoms with Crippen LogP contribution in [0.4, 0.5) is 17.1 Å². The number of hydrogen-bond donors (Lipinski definition) is 1. The molecular weight excluding hydrogens is 318 g/mol. The van der Waals surface area contributed by atoms with Gasteiger partial charge in [-0.25, -0.2) is 0 Å². The van der Waals surface area contributed by atoms with Crippen molar-refractivity contribution in [1.82, 2.24) is 5.01 Å². The van der Waals surface area contributed by atoms with Crippen molar-refractivity contribution in [3.8, 4) is 0 Å². The molecule has 24 heavy (non-hydrogen) atoms. The highest BCUT2D eigenvalue weighted by Crippen LogP contribution is 2.47. The van der Waals surface area contributed by atoms with Gasteiger partial charge in [-0.15, -0.1) is 0 Å². The van der Waals surface area contributed by atoms with Crippen LogP contribution in [0.15, 0.2) is 78.9 Å². The number of nitrogens with zero attached hydrogens (tertiary/aromatic N) is 2. The van der Waals surface area contributed by atoms with Gasteiger partial charge in [0, 0.05) is 12.1 Å². The molecule has 3 nitrogen and oxygen atoms in total. The fourth-order valence-corrected chi connectivity index (χ4v) is 3.49. The average Bonchev–Trinajstić information content (AvgIpc) is 2.89. The van der Waals surface area contributed by atoms with Gasteiger partial charge < -0.3 is 5.73 Å². The first-order chi connectivity index (χ1) is 11.8. The smallest absolute Gasteiger partial charge is 0.131 e. The molecule has 120 valence electrons. The van der Waals surface area contributed by atoms with Crippen molar-refractivity contribution < 1.29 is 0 Å². The molecule has 1 atom stereocenters. The zero-order valence-corrected chi connectivity index (χ0v) is 13.9. The molecule has 0 aliphatic carbocycles. The number of rotatable bonds is 3. The predicted octanol–water partition coefficient (Wildman–Crippen LogP) is 5.08. The van der Waals surface area contributed by atoms with Crippen molar-refractivity contribution in [2.75, 3.05) is 10.7 Å². The highest BCUT2D eigenvalue weighted by molar-refractivity contribution is 6.21. The third-order valence-electron chi connectivity index (χ3n) is 4.29. The molecule has 1 heterocycles. The molecule has 4 heteroatoms. The first-order valence-electron chi connectivity index (χ1n) is 7.94. The number of nitrogens with two attached hydrogens (primary N) is 1. The molecule has 1 aliphatic rings. The monoisotopic (exact) mass is 335 g/mol. The highest BCUT2D eigenvalue weighted by atomic mass is 35.5. The fourth-order valence-electron chi connectivity index (χ4n) is 3.15. The summed E-state index contributed by atoms with van der Waals surface area (Å²) in [6, 6.07) is 26.4. The summed E-state index contributed by atoms with van der Waals surface area (Å²) in [5, 5.41) is 4.28. The lowest BCUT2D eigenvalue weighted by Gasteiger charge is -2.32. The highest BCUT2D eigenvalue weighted by Gasteiger charge is 2.36. The van der Waals surface area contributed by atoms with Crippen molar-refractivity contribution in [3.05, 3.63) is 90.0 Å². The van der Waals surface area contributed by atoms with Crippen LogP contribution >= 0.6 is 11.6 Å². The molecule has 0 amide bonds. The number of hydrazine groups is 1. The van der Waals surface area contributed by atoms with Gasteiger partial charge in [0.2, 0.25) is 0 Å². The fraction of sp³-hybridized carbons (Fsp3) is 0.100. The molecule has 0 spiro atoms. The van der Waals surface area contributed by atoms with Crippen molar-refractivity contribution in [3.63, 3.8) is 0 Å². The number of anilines is 3. The number of halogens is 1. The zero-order valence-electron chi connectivity index (χ0n) is 13.1. The number of alkyl halides is 1. The lowest BCUT2D eigenvalue weighted by molar-refractivity contribution is 0.271. The molecule has 3 aromatic carbocycles. The van der Waals surface area contributed by atoms with Crippen LogP contribution in [-0.2, 0) is 6.54 Å². The average molecular weight is 336 g/mol. The summed E-state index contributed by atoms with van der Waals surface area (Å²) in [6.45, 7) is 0.706. The quantitative estimate of drug-likeness (QED) is 0.412. The van der Waals surface area contributed by atoms with Crippen LogP contribution in [0, 0.1) is 0 Å². The molecule has 0 saturated heterocycles. The summed E-state index contributed by atoms with van der Waals surface area (Å²) in [5.74, 6) is 0. The Morgan fingerprint density at radius 2 is 1.42 bits per heavy atom. The molecule has 1 aliphatic heterocycles. The minimum absolute atomic E-state index is 0.235. The van der Waals surface area contributed by atoms with Gasteiger partial charge in [-0.1, -0.05) is 72.3 Å². The zero-order chi connectivity index (χ0) is 16.5. The van der Waals surface area contributed by atoms with Gasteiger partial charge in [-0.3, -0.25) is 5.01 Å². The maximum Gasteiger partial charge on any atom is 0.131 e. The Morgan fingerprint density at radius 3 is 2.17 bits per heavy atom. The number of hydrogen-bond acceptors (Lipinski definition) is 3. The lowest BCUT2D eigenvalue weighted by Crippen LogP contribution is -2.34. The Hall–Kier alpha value is -2.49. The van der Waals surface area contributed by atoms with E-state index < -0.39 is 0 Å². The standard InChI is InChI=1S/C20H18ClN3/c21-20-16-10-4-6-12-18(16)24(19-13-7-5-11-17(19)22)23(20)14-15-8-2-1-3-9-15/h1-13,20H,14,22H2. The van der Waals surface area contributed by atoms with E-state index in [1.54, 1.807) is 0 Å². The van der Waals surface area contributed by atoms with Gasteiger partial charge in [-0.05, 0) is 23.8 Å². The van der Waals surface area contributed by atoms with Crippen molar-refractivity contribution in [1.29, 1.82) is 0 Å². The van der Waals surface area contributed by atoms with Gasteiger partial charge in [-0.2, -0.15) is 5.01 Å². The Morgan fingerprint density at radius 1 is 0.792 bits per heavy atom. The Balaban J connectivity index is 1.81. The Bertz CT molecular complexity index is 850. The normalized spacial score (nSPS) is 17.0. The number of para-hydroxylation sites is 3. The van der Waals surface area contributed by atoms with E-state index in [1.165, 1.54) is 5.56 Å². The number of fused-ring (bicyclic) bond motifs is 1. The summed E-state index contributed by atoms with van der Waals surface area (Å²) >= 11 is 6.80. The SMILES string of the molecule is Nc1ccccc1N1c2ccccc2C(Cl)N1Cc1ccccc1. The first kappa shape index (κ1) is 15.1. The molecule has 0 saturated carbocycles. The van der Waals surface area contributed by atoms with E-state index in [4.69, 9.17) is 17.3 Å². The van der Waals surface area contributed by atoms with Crippen LogP contribution in [0.1, 0.15) is 16.6 Å². The summed E-state index contributed by atoms with van der Waals surface area (Å²) in [4.78, 5) is 0. The number of benzene rings is 3.